The quantitative estimate of drug-likeness (QED) is 0.593. The highest BCUT2D eigenvalue weighted by Crippen LogP contribution is 2.17. The number of carbonyl (C=O) groups excluding carboxylic acids is 1. The van der Waals surface area contributed by atoms with Crippen molar-refractivity contribution in [1.82, 2.24) is 5.32 Å². The van der Waals surface area contributed by atoms with Crippen LogP contribution in [0.3, 0.4) is 0 Å². The van der Waals surface area contributed by atoms with Gasteiger partial charge in [0.05, 0.1) is 0 Å². The molecule has 1 amide bonds. The Morgan fingerprint density at radius 3 is 2.14 bits per heavy atom. The summed E-state index contributed by atoms with van der Waals surface area (Å²) in [4.78, 5) is 14.5. The lowest BCUT2D eigenvalue weighted by atomic mass is 10.1. The molecule has 3 rings (SSSR count). The minimum Gasteiger partial charge on any atom is -0.367 e. The Kier molecular flexibility index (Phi) is 7.19. The van der Waals surface area contributed by atoms with Gasteiger partial charge in [0.15, 0.2) is 0 Å². The van der Waals surface area contributed by atoms with Gasteiger partial charge in [-0.3, -0.25) is 4.79 Å². The molecule has 0 atom stereocenters. The third-order valence-electron chi connectivity index (χ3n) is 4.60. The molecule has 1 N–H and O–H groups in total. The van der Waals surface area contributed by atoms with Crippen LogP contribution in [0.2, 0.25) is 0 Å². The molecular formula is C24H25FN2O. The van der Waals surface area contributed by atoms with Crippen molar-refractivity contribution in [1.29, 1.82) is 0 Å². The normalized spacial score (nSPS) is 10.5. The fourth-order valence-corrected chi connectivity index (χ4v) is 3.06. The van der Waals surface area contributed by atoms with Crippen molar-refractivity contribution in [3.8, 4) is 0 Å². The van der Waals surface area contributed by atoms with Crippen molar-refractivity contribution in [2.75, 3.05) is 18.0 Å². The maximum Gasteiger partial charge on any atom is 0.221 e. The van der Waals surface area contributed by atoms with Gasteiger partial charge in [-0.25, -0.2) is 4.39 Å². The number of nitrogens with zero attached hydrogens (tertiary/aromatic N) is 1. The van der Waals surface area contributed by atoms with Gasteiger partial charge >= 0.3 is 0 Å². The summed E-state index contributed by atoms with van der Waals surface area (Å²) < 4.78 is 12.9. The standard InChI is InChI=1S/C24H25FN2O/c25-22-13-11-20(12-14-22)15-17-26-24(28)16-18-27(23-9-5-2-6-10-23)19-21-7-3-1-4-8-21/h1-14H,15-19H2,(H,26,28). The number of anilines is 1. The summed E-state index contributed by atoms with van der Waals surface area (Å²) in [6.45, 7) is 1.95. The first-order valence-corrected chi connectivity index (χ1v) is 9.56. The molecule has 0 saturated carbocycles. The maximum atomic E-state index is 12.9. The number of amides is 1. The molecule has 0 fully saturated rings. The van der Waals surface area contributed by atoms with Crippen molar-refractivity contribution < 1.29 is 9.18 Å². The number of halogens is 1. The van der Waals surface area contributed by atoms with Crippen LogP contribution in [0.4, 0.5) is 10.1 Å². The van der Waals surface area contributed by atoms with E-state index in [0.717, 1.165) is 17.8 Å². The second kappa shape index (κ2) is 10.3. The monoisotopic (exact) mass is 376 g/mol. The van der Waals surface area contributed by atoms with Crippen LogP contribution in [-0.4, -0.2) is 19.0 Å². The lowest BCUT2D eigenvalue weighted by molar-refractivity contribution is -0.120. The first kappa shape index (κ1) is 19.6. The fraction of sp³-hybridized carbons (Fsp3) is 0.208. The average molecular weight is 376 g/mol. The predicted octanol–water partition coefficient (Wildman–Crippen LogP) is 4.58. The first-order chi connectivity index (χ1) is 13.7. The predicted molar refractivity (Wildman–Crippen MR) is 112 cm³/mol. The molecule has 0 bridgehead atoms. The van der Waals surface area contributed by atoms with Crippen LogP contribution >= 0.6 is 0 Å². The summed E-state index contributed by atoms with van der Waals surface area (Å²) in [6.07, 6.45) is 1.11. The number of para-hydroxylation sites is 1. The van der Waals surface area contributed by atoms with Crippen LogP contribution in [0.5, 0.6) is 0 Å². The molecule has 0 aliphatic rings. The van der Waals surface area contributed by atoms with E-state index in [4.69, 9.17) is 0 Å². The zero-order valence-electron chi connectivity index (χ0n) is 15.9. The molecule has 4 heteroatoms. The van der Waals surface area contributed by atoms with E-state index in [1.807, 2.05) is 36.4 Å². The smallest absolute Gasteiger partial charge is 0.221 e. The molecule has 0 spiro atoms. The van der Waals surface area contributed by atoms with E-state index in [2.05, 4.69) is 34.5 Å². The van der Waals surface area contributed by atoms with Gasteiger partial charge in [0, 0.05) is 31.7 Å². The van der Waals surface area contributed by atoms with Crippen LogP contribution in [0, 0.1) is 5.82 Å². The van der Waals surface area contributed by atoms with Crippen LogP contribution in [-0.2, 0) is 17.8 Å². The highest BCUT2D eigenvalue weighted by Gasteiger charge is 2.10. The van der Waals surface area contributed by atoms with E-state index < -0.39 is 0 Å². The highest BCUT2D eigenvalue weighted by atomic mass is 19.1. The second-order valence-electron chi connectivity index (χ2n) is 6.72. The lowest BCUT2D eigenvalue weighted by Gasteiger charge is -2.25. The van der Waals surface area contributed by atoms with Crippen LogP contribution in [0.15, 0.2) is 84.9 Å². The van der Waals surface area contributed by atoms with E-state index in [1.54, 1.807) is 12.1 Å². The maximum absolute atomic E-state index is 12.9. The summed E-state index contributed by atoms with van der Waals surface area (Å²) in [5.74, 6) is -0.219. The second-order valence-corrected chi connectivity index (χ2v) is 6.72. The van der Waals surface area contributed by atoms with Gasteiger partial charge in [-0.2, -0.15) is 0 Å². The van der Waals surface area contributed by atoms with Gasteiger partial charge < -0.3 is 10.2 Å². The van der Waals surface area contributed by atoms with Crippen LogP contribution in [0.1, 0.15) is 17.5 Å². The molecule has 0 unspecified atom stereocenters. The van der Waals surface area contributed by atoms with Gasteiger partial charge in [0.1, 0.15) is 5.82 Å². The van der Waals surface area contributed by atoms with E-state index in [1.165, 1.54) is 17.7 Å². The summed E-state index contributed by atoms with van der Waals surface area (Å²) in [6, 6.07) is 26.8. The fourth-order valence-electron chi connectivity index (χ4n) is 3.06. The summed E-state index contributed by atoms with van der Waals surface area (Å²) in [5.41, 5.74) is 3.32. The average Bonchev–Trinajstić information content (AvgIpc) is 2.74. The Labute approximate surface area is 165 Å². The topological polar surface area (TPSA) is 32.3 Å². The number of benzene rings is 3. The summed E-state index contributed by atoms with van der Waals surface area (Å²) in [5, 5.41) is 2.96. The zero-order valence-corrected chi connectivity index (χ0v) is 15.9. The van der Waals surface area contributed by atoms with Crippen molar-refractivity contribution in [2.24, 2.45) is 0 Å². The Balaban J connectivity index is 1.51. The Morgan fingerprint density at radius 1 is 0.821 bits per heavy atom. The number of rotatable bonds is 9. The summed E-state index contributed by atoms with van der Waals surface area (Å²) >= 11 is 0. The van der Waals surface area contributed by atoms with E-state index >= 15 is 0 Å². The molecule has 3 nitrogen and oxygen atoms in total. The minimum atomic E-state index is -0.243. The molecule has 0 aliphatic carbocycles. The number of carbonyl (C=O) groups is 1. The number of hydrogen-bond donors (Lipinski definition) is 1. The van der Waals surface area contributed by atoms with Gasteiger partial charge in [0.2, 0.25) is 5.91 Å². The number of hydrogen-bond acceptors (Lipinski definition) is 2. The highest BCUT2D eigenvalue weighted by molar-refractivity contribution is 5.76. The molecule has 0 heterocycles. The summed E-state index contributed by atoms with van der Waals surface area (Å²) in [7, 11) is 0. The van der Waals surface area contributed by atoms with E-state index in [0.29, 0.717) is 25.9 Å². The molecule has 0 radical (unpaired) electrons. The third-order valence-corrected chi connectivity index (χ3v) is 4.60. The Hall–Kier alpha value is -3.14. The van der Waals surface area contributed by atoms with Gasteiger partial charge in [-0.05, 0) is 41.8 Å². The lowest BCUT2D eigenvalue weighted by Crippen LogP contribution is -2.31. The molecule has 0 aliphatic heterocycles. The largest absolute Gasteiger partial charge is 0.367 e. The van der Waals surface area contributed by atoms with E-state index in [-0.39, 0.29) is 11.7 Å². The molecule has 3 aromatic rings. The van der Waals surface area contributed by atoms with Crippen molar-refractivity contribution in [3.05, 3.63) is 102 Å². The first-order valence-electron chi connectivity index (χ1n) is 9.56. The molecule has 0 aromatic heterocycles. The molecule has 0 saturated heterocycles. The zero-order chi connectivity index (χ0) is 19.6. The Morgan fingerprint density at radius 2 is 1.46 bits per heavy atom. The van der Waals surface area contributed by atoms with Crippen molar-refractivity contribution >= 4 is 11.6 Å². The van der Waals surface area contributed by atoms with Gasteiger partial charge in [-0.1, -0.05) is 60.7 Å². The van der Waals surface area contributed by atoms with Gasteiger partial charge in [-0.15, -0.1) is 0 Å². The van der Waals surface area contributed by atoms with Crippen LogP contribution < -0.4 is 10.2 Å². The number of nitrogens with one attached hydrogen (secondary N) is 1. The van der Waals surface area contributed by atoms with Crippen molar-refractivity contribution in [3.63, 3.8) is 0 Å². The Bertz CT molecular complexity index is 851. The van der Waals surface area contributed by atoms with Crippen molar-refractivity contribution in [2.45, 2.75) is 19.4 Å². The molecular weight excluding hydrogens is 351 g/mol. The third kappa shape index (κ3) is 6.23. The van der Waals surface area contributed by atoms with Gasteiger partial charge in [0.25, 0.3) is 0 Å². The van der Waals surface area contributed by atoms with E-state index in [9.17, 15) is 9.18 Å². The SMILES string of the molecule is O=C(CCN(Cc1ccccc1)c1ccccc1)NCCc1ccc(F)cc1. The molecule has 3 aromatic carbocycles. The van der Waals surface area contributed by atoms with Crippen LogP contribution in [0.25, 0.3) is 0 Å². The molecule has 144 valence electrons. The molecule has 28 heavy (non-hydrogen) atoms. The minimum absolute atomic E-state index is 0.0242.